The predicted octanol–water partition coefficient (Wildman–Crippen LogP) is 2.62. The molecule has 0 aromatic heterocycles. The Hall–Kier alpha value is -3.43. The zero-order valence-electron chi connectivity index (χ0n) is 15.4. The van der Waals surface area contributed by atoms with Crippen molar-refractivity contribution in [2.75, 3.05) is 12.0 Å². The molecule has 1 atom stereocenters. The molecule has 2 aromatic rings. The number of amides is 5. The summed E-state index contributed by atoms with van der Waals surface area (Å²) in [4.78, 5) is 50.1. The first kappa shape index (κ1) is 21.3. The average molecular weight is 449 g/mol. The third kappa shape index (κ3) is 4.27. The average Bonchev–Trinajstić information content (AvgIpc) is 2.70. The van der Waals surface area contributed by atoms with E-state index >= 15 is 0 Å². The molecule has 2 aromatic carbocycles. The van der Waals surface area contributed by atoms with Gasteiger partial charge in [-0.3, -0.25) is 19.7 Å². The van der Waals surface area contributed by atoms with Gasteiger partial charge < -0.3 is 4.74 Å². The number of halogens is 2. The molecule has 1 aliphatic heterocycles. The Morgan fingerprint density at radius 2 is 1.93 bits per heavy atom. The molecule has 2 N–H and O–H groups in total. The Bertz CT molecular complexity index is 1070. The van der Waals surface area contributed by atoms with Gasteiger partial charge in [-0.15, -0.1) is 0 Å². The monoisotopic (exact) mass is 448 g/mol. The molecule has 1 fully saturated rings. The standard InChI is InChI=1S/C19H14Cl2N4O5/c1-30-15-5-3-2-4-14(15)25-18(28)12(16(26)23-19(25)29)9-22-24-17(27)11-7-6-10(20)8-13(11)21/h2-9,12H,1H3,(H,24,27)(H,23,26,29)/b22-9-/t12-/m0/s1. The number of nitrogens with one attached hydrogen (secondary N) is 2. The summed E-state index contributed by atoms with van der Waals surface area (Å²) in [5.41, 5.74) is 2.44. The molecule has 5 amide bonds. The number of nitrogens with zero attached hydrogens (tertiary/aromatic N) is 2. The SMILES string of the molecule is COc1ccccc1N1C(=O)NC(=O)[C@H](/C=N\NC(=O)c2ccc(Cl)cc2Cl)C1=O. The lowest BCUT2D eigenvalue weighted by Crippen LogP contribution is -2.58. The van der Waals surface area contributed by atoms with Gasteiger partial charge in [-0.05, 0) is 30.3 Å². The Kier molecular flexibility index (Phi) is 6.34. The molecule has 1 saturated heterocycles. The molecule has 3 rings (SSSR count). The maximum Gasteiger partial charge on any atom is 0.335 e. The van der Waals surface area contributed by atoms with Gasteiger partial charge >= 0.3 is 6.03 Å². The molecule has 0 aliphatic carbocycles. The fourth-order valence-corrected chi connectivity index (χ4v) is 3.16. The predicted molar refractivity (Wildman–Crippen MR) is 110 cm³/mol. The van der Waals surface area contributed by atoms with Crippen LogP contribution in [0.3, 0.4) is 0 Å². The molecule has 30 heavy (non-hydrogen) atoms. The number of anilines is 1. The number of para-hydroxylation sites is 2. The normalized spacial score (nSPS) is 16.6. The summed E-state index contributed by atoms with van der Waals surface area (Å²) in [6, 6.07) is 9.66. The van der Waals surface area contributed by atoms with Gasteiger partial charge in [-0.2, -0.15) is 5.10 Å². The molecule has 1 heterocycles. The number of hydrogen-bond donors (Lipinski definition) is 2. The van der Waals surface area contributed by atoms with Crippen LogP contribution in [0.1, 0.15) is 10.4 Å². The summed E-state index contributed by atoms with van der Waals surface area (Å²) in [5.74, 6) is -3.59. The highest BCUT2D eigenvalue weighted by Crippen LogP contribution is 2.30. The van der Waals surface area contributed by atoms with Crippen LogP contribution < -0.4 is 20.4 Å². The minimum absolute atomic E-state index is 0.100. The van der Waals surface area contributed by atoms with Crippen molar-refractivity contribution in [1.82, 2.24) is 10.7 Å². The van der Waals surface area contributed by atoms with Crippen LogP contribution in [0.2, 0.25) is 10.0 Å². The molecule has 11 heteroatoms. The van der Waals surface area contributed by atoms with Crippen molar-refractivity contribution in [2.45, 2.75) is 0 Å². The highest BCUT2D eigenvalue weighted by atomic mass is 35.5. The highest BCUT2D eigenvalue weighted by molar-refractivity contribution is 6.37. The van der Waals surface area contributed by atoms with Crippen molar-refractivity contribution in [1.29, 1.82) is 0 Å². The van der Waals surface area contributed by atoms with E-state index < -0.39 is 29.7 Å². The second-order valence-electron chi connectivity index (χ2n) is 5.96. The minimum atomic E-state index is -1.45. The Labute approximate surface area is 180 Å². The lowest BCUT2D eigenvalue weighted by molar-refractivity contribution is -0.131. The van der Waals surface area contributed by atoms with E-state index in [9.17, 15) is 19.2 Å². The van der Waals surface area contributed by atoms with Crippen LogP contribution in [0.25, 0.3) is 0 Å². The van der Waals surface area contributed by atoms with E-state index in [2.05, 4.69) is 15.8 Å². The van der Waals surface area contributed by atoms with E-state index in [0.717, 1.165) is 11.1 Å². The Morgan fingerprint density at radius 1 is 1.20 bits per heavy atom. The third-order valence-corrected chi connectivity index (χ3v) is 4.64. The number of urea groups is 1. The van der Waals surface area contributed by atoms with E-state index in [1.165, 1.54) is 31.4 Å². The smallest absolute Gasteiger partial charge is 0.335 e. The number of hydrazone groups is 1. The van der Waals surface area contributed by atoms with Crippen molar-refractivity contribution in [3.05, 3.63) is 58.1 Å². The minimum Gasteiger partial charge on any atom is -0.495 e. The van der Waals surface area contributed by atoms with Gasteiger partial charge in [0.1, 0.15) is 5.75 Å². The summed E-state index contributed by atoms with van der Waals surface area (Å²) in [6.45, 7) is 0. The summed E-state index contributed by atoms with van der Waals surface area (Å²) >= 11 is 11.7. The van der Waals surface area contributed by atoms with E-state index in [1.807, 2.05) is 0 Å². The van der Waals surface area contributed by atoms with Crippen molar-refractivity contribution in [3.63, 3.8) is 0 Å². The Balaban J connectivity index is 1.79. The number of methoxy groups -OCH3 is 1. The summed E-state index contributed by atoms with van der Waals surface area (Å²) in [5, 5.41) is 6.20. The molecule has 0 spiro atoms. The van der Waals surface area contributed by atoms with Crippen LogP contribution in [0.15, 0.2) is 47.6 Å². The quantitative estimate of drug-likeness (QED) is 0.414. The number of carbonyl (C=O) groups excluding carboxylic acids is 4. The zero-order chi connectivity index (χ0) is 21.8. The molecule has 0 bridgehead atoms. The zero-order valence-corrected chi connectivity index (χ0v) is 16.9. The summed E-state index contributed by atoms with van der Waals surface area (Å²) in [6.07, 6.45) is 0.925. The van der Waals surface area contributed by atoms with E-state index in [4.69, 9.17) is 27.9 Å². The van der Waals surface area contributed by atoms with Gasteiger partial charge in [0.15, 0.2) is 5.92 Å². The van der Waals surface area contributed by atoms with Gasteiger partial charge in [0.25, 0.3) is 11.8 Å². The van der Waals surface area contributed by atoms with Gasteiger partial charge in [-0.1, -0.05) is 35.3 Å². The van der Waals surface area contributed by atoms with Crippen LogP contribution >= 0.6 is 23.2 Å². The molecule has 9 nitrogen and oxygen atoms in total. The van der Waals surface area contributed by atoms with Crippen LogP contribution in [0.4, 0.5) is 10.5 Å². The summed E-state index contributed by atoms with van der Waals surface area (Å²) < 4.78 is 5.17. The van der Waals surface area contributed by atoms with Crippen molar-refractivity contribution >= 4 is 58.9 Å². The molecular weight excluding hydrogens is 435 g/mol. The van der Waals surface area contributed by atoms with Crippen LogP contribution in [-0.4, -0.2) is 37.1 Å². The van der Waals surface area contributed by atoms with Crippen molar-refractivity contribution < 1.29 is 23.9 Å². The lowest BCUT2D eigenvalue weighted by Gasteiger charge is -2.29. The molecule has 154 valence electrons. The fourth-order valence-electron chi connectivity index (χ4n) is 2.67. The number of benzene rings is 2. The number of hydrogen-bond acceptors (Lipinski definition) is 6. The largest absolute Gasteiger partial charge is 0.495 e. The third-order valence-electron chi connectivity index (χ3n) is 4.09. The molecular formula is C19H14Cl2N4O5. The van der Waals surface area contributed by atoms with Crippen LogP contribution in [0.5, 0.6) is 5.75 Å². The highest BCUT2D eigenvalue weighted by Gasteiger charge is 2.41. The molecule has 0 saturated carbocycles. The maximum atomic E-state index is 12.8. The lowest BCUT2D eigenvalue weighted by atomic mass is 10.1. The van der Waals surface area contributed by atoms with E-state index in [1.54, 1.807) is 18.2 Å². The Morgan fingerprint density at radius 3 is 2.63 bits per heavy atom. The number of carbonyl (C=O) groups is 4. The molecule has 0 unspecified atom stereocenters. The number of rotatable bonds is 5. The van der Waals surface area contributed by atoms with Gasteiger partial charge in [0.2, 0.25) is 5.91 Å². The second-order valence-corrected chi connectivity index (χ2v) is 6.80. The van der Waals surface area contributed by atoms with Crippen molar-refractivity contribution in [2.24, 2.45) is 11.0 Å². The first-order valence-electron chi connectivity index (χ1n) is 8.44. The first-order chi connectivity index (χ1) is 14.3. The number of imide groups is 2. The van der Waals surface area contributed by atoms with Crippen molar-refractivity contribution in [3.8, 4) is 5.75 Å². The maximum absolute atomic E-state index is 12.8. The summed E-state index contributed by atoms with van der Waals surface area (Å²) in [7, 11) is 1.38. The molecule has 0 radical (unpaired) electrons. The topological polar surface area (TPSA) is 117 Å². The first-order valence-corrected chi connectivity index (χ1v) is 9.19. The van der Waals surface area contributed by atoms with Gasteiger partial charge in [0.05, 0.1) is 23.4 Å². The van der Waals surface area contributed by atoms with Gasteiger partial charge in [0, 0.05) is 11.2 Å². The second kappa shape index (κ2) is 8.93. The number of barbiturate groups is 1. The van der Waals surface area contributed by atoms with E-state index in [0.29, 0.717) is 5.02 Å². The number of ether oxygens (including phenoxy) is 1. The fraction of sp³-hybridized carbons (Fsp3) is 0.105. The van der Waals surface area contributed by atoms with Gasteiger partial charge in [-0.25, -0.2) is 15.1 Å². The van der Waals surface area contributed by atoms with Crippen LogP contribution in [0, 0.1) is 5.92 Å². The van der Waals surface area contributed by atoms with Crippen LogP contribution in [-0.2, 0) is 9.59 Å². The van der Waals surface area contributed by atoms with E-state index in [-0.39, 0.29) is 22.0 Å². The molecule has 1 aliphatic rings.